The molecule has 2 heteroatoms. The van der Waals surface area contributed by atoms with Crippen molar-refractivity contribution in [3.05, 3.63) is 0 Å². The van der Waals surface area contributed by atoms with E-state index in [-0.39, 0.29) is 0 Å². The number of hydrogen-bond donors (Lipinski definition) is 0. The molecule has 1 amide bonds. The summed E-state index contributed by atoms with van der Waals surface area (Å²) in [6, 6.07) is 0. The molecule has 0 aliphatic heterocycles. The molecule has 0 N–H and O–H groups in total. The van der Waals surface area contributed by atoms with Gasteiger partial charge >= 0.3 is 6.41 Å². The Morgan fingerprint density at radius 1 is 1.33 bits per heavy atom. The van der Waals surface area contributed by atoms with Crippen molar-refractivity contribution < 1.29 is 9.28 Å². The van der Waals surface area contributed by atoms with Gasteiger partial charge in [0.2, 0.25) is 0 Å². The Morgan fingerprint density at radius 3 is 1.50 bits per heavy atom. The van der Waals surface area contributed by atoms with Gasteiger partial charge in [0.25, 0.3) is 0 Å². The molecule has 0 heterocycles. The van der Waals surface area contributed by atoms with E-state index in [0.29, 0.717) is 4.48 Å². The topological polar surface area (TPSA) is 17.1 Å². The van der Waals surface area contributed by atoms with E-state index in [2.05, 4.69) is 0 Å². The summed E-state index contributed by atoms with van der Waals surface area (Å²) >= 11 is 0. The Bertz CT molecular complexity index is 53.1. The number of rotatable bonds is 1. The summed E-state index contributed by atoms with van der Waals surface area (Å²) in [5.41, 5.74) is 0. The van der Waals surface area contributed by atoms with Crippen LogP contribution in [0.25, 0.3) is 0 Å². The predicted molar refractivity (Wildman–Crippen MR) is 24.1 cm³/mol. The van der Waals surface area contributed by atoms with E-state index >= 15 is 0 Å². The van der Waals surface area contributed by atoms with Crippen LogP contribution < -0.4 is 0 Å². The first kappa shape index (κ1) is 5.63. The molecule has 0 aromatic carbocycles. The molecule has 0 radical (unpaired) electrons. The summed E-state index contributed by atoms with van der Waals surface area (Å²) in [5, 5.41) is 0. The second-order valence-corrected chi connectivity index (χ2v) is 2.22. The molecule has 0 atom stereocenters. The van der Waals surface area contributed by atoms with Crippen LogP contribution in [0.5, 0.6) is 0 Å². The molecule has 0 unspecified atom stereocenters. The van der Waals surface area contributed by atoms with Gasteiger partial charge in [0, 0.05) is 0 Å². The first-order valence-corrected chi connectivity index (χ1v) is 1.84. The Kier molecular flexibility index (Phi) is 1.30. The fraction of sp³-hybridized carbons (Fsp3) is 0.750. The summed E-state index contributed by atoms with van der Waals surface area (Å²) < 4.78 is 0.389. The van der Waals surface area contributed by atoms with Crippen molar-refractivity contribution in [3.8, 4) is 0 Å². The van der Waals surface area contributed by atoms with Crippen molar-refractivity contribution in [2.45, 2.75) is 0 Å². The molecule has 0 aliphatic carbocycles. The fourth-order valence-corrected chi connectivity index (χ4v) is 0. The maximum absolute atomic E-state index is 9.80. The summed E-state index contributed by atoms with van der Waals surface area (Å²) in [4.78, 5) is 9.80. The van der Waals surface area contributed by atoms with Gasteiger partial charge in [-0.05, 0) is 0 Å². The number of nitrogens with zero attached hydrogens (tertiary/aromatic N) is 1. The SMILES string of the molecule is C[N+](C)(C)C=O. The third-order valence-corrected chi connectivity index (χ3v) is 0.316. The zero-order chi connectivity index (χ0) is 5.21. The van der Waals surface area contributed by atoms with Gasteiger partial charge in [0.1, 0.15) is 0 Å². The van der Waals surface area contributed by atoms with Crippen molar-refractivity contribution in [2.75, 3.05) is 21.1 Å². The molecule has 36 valence electrons. The monoisotopic (exact) mass is 88.1 g/mol. The van der Waals surface area contributed by atoms with Gasteiger partial charge in [0.05, 0.1) is 21.1 Å². The number of carbonyl (C=O) groups excluding carboxylic acids is 1. The molecular weight excluding hydrogens is 78.0 g/mol. The van der Waals surface area contributed by atoms with Crippen molar-refractivity contribution in [1.29, 1.82) is 0 Å². The molecule has 0 aliphatic rings. The highest BCUT2D eigenvalue weighted by Crippen LogP contribution is 1.76. The first-order valence-electron chi connectivity index (χ1n) is 1.84. The zero-order valence-electron chi connectivity index (χ0n) is 4.43. The van der Waals surface area contributed by atoms with Gasteiger partial charge in [-0.1, -0.05) is 0 Å². The second kappa shape index (κ2) is 1.39. The van der Waals surface area contributed by atoms with Crippen molar-refractivity contribution >= 4 is 6.41 Å². The van der Waals surface area contributed by atoms with Gasteiger partial charge < -0.3 is 0 Å². The van der Waals surface area contributed by atoms with Crippen LogP contribution >= 0.6 is 0 Å². The maximum atomic E-state index is 9.80. The third kappa shape index (κ3) is 3.63. The Labute approximate surface area is 38.0 Å². The lowest BCUT2D eigenvalue weighted by Gasteiger charge is -2.11. The lowest BCUT2D eigenvalue weighted by molar-refractivity contribution is -0.782. The summed E-state index contributed by atoms with van der Waals surface area (Å²) in [6.45, 7) is 0. The molecule has 0 aromatic heterocycles. The van der Waals surface area contributed by atoms with Gasteiger partial charge in [-0.3, -0.25) is 4.48 Å². The average Bonchev–Trinajstić information content (AvgIpc) is 1.35. The van der Waals surface area contributed by atoms with Crippen LogP contribution in [-0.2, 0) is 4.79 Å². The minimum atomic E-state index is 0.389. The maximum Gasteiger partial charge on any atom is 0.300 e. The standard InChI is InChI=1S/C4H10NO/c1-5(2,3)4-6/h4H,1-3H3/q+1. The van der Waals surface area contributed by atoms with Gasteiger partial charge in [-0.2, -0.15) is 0 Å². The van der Waals surface area contributed by atoms with E-state index in [0.717, 1.165) is 6.41 Å². The fourth-order valence-electron chi connectivity index (χ4n) is 0. The van der Waals surface area contributed by atoms with Crippen molar-refractivity contribution in [3.63, 3.8) is 0 Å². The van der Waals surface area contributed by atoms with Gasteiger partial charge in [-0.15, -0.1) is 0 Å². The molecule has 0 aromatic rings. The van der Waals surface area contributed by atoms with Gasteiger partial charge in [0.15, 0.2) is 0 Å². The van der Waals surface area contributed by atoms with Crippen LogP contribution in [0, 0.1) is 0 Å². The second-order valence-electron chi connectivity index (χ2n) is 2.22. The molecule has 2 nitrogen and oxygen atoms in total. The highest BCUT2D eigenvalue weighted by Gasteiger charge is 1.99. The van der Waals surface area contributed by atoms with E-state index in [1.807, 2.05) is 21.1 Å². The van der Waals surface area contributed by atoms with E-state index in [4.69, 9.17) is 0 Å². The number of quaternary nitrogens is 1. The lowest BCUT2D eigenvalue weighted by atomic mass is 10.8. The lowest BCUT2D eigenvalue weighted by Crippen LogP contribution is -2.31. The minimum absolute atomic E-state index is 0.389. The van der Waals surface area contributed by atoms with E-state index in [9.17, 15) is 4.79 Å². The molecule has 0 bridgehead atoms. The summed E-state index contributed by atoms with van der Waals surface area (Å²) in [7, 11) is 5.44. The molecule has 6 heavy (non-hydrogen) atoms. The minimum Gasteiger partial charge on any atom is -0.270 e. The summed E-state index contributed by atoms with van der Waals surface area (Å²) in [6.07, 6.45) is 0.875. The molecule has 0 rings (SSSR count). The highest BCUT2D eigenvalue weighted by atomic mass is 16.1. The zero-order valence-corrected chi connectivity index (χ0v) is 4.43. The first-order chi connectivity index (χ1) is 2.56. The normalized spacial score (nSPS) is 11.2. The smallest absolute Gasteiger partial charge is 0.270 e. The molecule has 0 saturated heterocycles. The van der Waals surface area contributed by atoms with Crippen LogP contribution in [0.2, 0.25) is 0 Å². The van der Waals surface area contributed by atoms with Crippen LogP contribution in [0.4, 0.5) is 0 Å². The Balaban J connectivity index is 3.45. The average molecular weight is 88.1 g/mol. The Morgan fingerprint density at radius 2 is 1.50 bits per heavy atom. The summed E-state index contributed by atoms with van der Waals surface area (Å²) in [5.74, 6) is 0. The highest BCUT2D eigenvalue weighted by molar-refractivity contribution is 5.35. The molecule has 0 spiro atoms. The van der Waals surface area contributed by atoms with Crippen LogP contribution in [0.1, 0.15) is 0 Å². The third-order valence-electron chi connectivity index (χ3n) is 0.316. The van der Waals surface area contributed by atoms with Crippen molar-refractivity contribution in [1.82, 2.24) is 0 Å². The number of amides is 1. The van der Waals surface area contributed by atoms with E-state index in [1.54, 1.807) is 0 Å². The van der Waals surface area contributed by atoms with E-state index in [1.165, 1.54) is 0 Å². The molecule has 0 saturated carbocycles. The Hall–Kier alpha value is -0.370. The van der Waals surface area contributed by atoms with E-state index < -0.39 is 0 Å². The largest absolute Gasteiger partial charge is 0.300 e. The van der Waals surface area contributed by atoms with Crippen molar-refractivity contribution in [2.24, 2.45) is 0 Å². The van der Waals surface area contributed by atoms with Crippen LogP contribution in [-0.4, -0.2) is 32.0 Å². The van der Waals surface area contributed by atoms with Crippen LogP contribution in [0.3, 0.4) is 0 Å². The molecule has 0 fully saturated rings. The number of carbonyl (C=O) groups is 1. The number of hydrogen-bond acceptors (Lipinski definition) is 1. The molecular formula is C4H10NO+. The van der Waals surface area contributed by atoms with Gasteiger partial charge in [-0.25, -0.2) is 4.79 Å². The predicted octanol–water partition coefficient (Wildman–Crippen LogP) is -0.151. The van der Waals surface area contributed by atoms with Crippen LogP contribution in [0.15, 0.2) is 0 Å². The quantitative estimate of drug-likeness (QED) is 0.322.